The number of hydrogen-bond acceptors (Lipinski definition) is 7. The van der Waals surface area contributed by atoms with Crippen molar-refractivity contribution in [2.45, 2.75) is 37.9 Å². The number of benzene rings is 1. The molecule has 4 aromatic rings. The summed E-state index contributed by atoms with van der Waals surface area (Å²) < 4.78 is 0. The number of nitrogens with one attached hydrogen (secondary N) is 2. The third-order valence-corrected chi connectivity index (χ3v) is 7.71. The first-order valence-electron chi connectivity index (χ1n) is 11.0. The fraction of sp³-hybridized carbons (Fsp3) is 0.292. The molecule has 0 aliphatic heterocycles. The highest BCUT2D eigenvalue weighted by atomic mass is 32.2. The predicted octanol–water partition coefficient (Wildman–Crippen LogP) is 4.58. The number of hydrogen-bond donors (Lipinski definition) is 2. The summed E-state index contributed by atoms with van der Waals surface area (Å²) in [4.78, 5) is 43.3. The van der Waals surface area contributed by atoms with E-state index in [-0.39, 0.29) is 11.5 Å². The van der Waals surface area contributed by atoms with Crippen LogP contribution >= 0.6 is 23.1 Å². The number of aryl methyl sites for hydroxylation is 2. The summed E-state index contributed by atoms with van der Waals surface area (Å²) in [5, 5.41) is 3.61. The van der Waals surface area contributed by atoms with E-state index in [1.54, 1.807) is 35.5 Å². The van der Waals surface area contributed by atoms with Gasteiger partial charge < -0.3 is 10.3 Å². The minimum Gasteiger partial charge on any atom is -0.323 e. The van der Waals surface area contributed by atoms with Crippen LogP contribution in [0, 0.1) is 0 Å². The molecule has 0 saturated carbocycles. The molecular formula is C24H23N5O2S2. The van der Waals surface area contributed by atoms with Gasteiger partial charge in [-0.05, 0) is 31.2 Å². The highest BCUT2D eigenvalue weighted by Gasteiger charge is 2.19. The number of carbonyl (C=O) groups is 1. The summed E-state index contributed by atoms with van der Waals surface area (Å²) in [5.74, 6) is 2.38. The van der Waals surface area contributed by atoms with Gasteiger partial charge in [-0.3, -0.25) is 9.59 Å². The molecule has 0 saturated heterocycles. The van der Waals surface area contributed by atoms with E-state index < -0.39 is 0 Å². The molecule has 0 atom stereocenters. The van der Waals surface area contributed by atoms with E-state index in [2.05, 4.69) is 25.3 Å². The molecule has 33 heavy (non-hydrogen) atoms. The molecule has 168 valence electrons. The van der Waals surface area contributed by atoms with Crippen LogP contribution in [0.4, 0.5) is 5.69 Å². The number of rotatable bonds is 7. The minimum absolute atomic E-state index is 0.0355. The van der Waals surface area contributed by atoms with E-state index in [4.69, 9.17) is 0 Å². The smallest absolute Gasteiger partial charge is 0.259 e. The Hall–Kier alpha value is -3.04. The van der Waals surface area contributed by atoms with E-state index in [9.17, 15) is 9.59 Å². The number of thioether (sulfide) groups is 1. The summed E-state index contributed by atoms with van der Waals surface area (Å²) >= 11 is 3.23. The van der Waals surface area contributed by atoms with Crippen LogP contribution in [0.1, 0.15) is 35.5 Å². The van der Waals surface area contributed by atoms with Crippen LogP contribution in [0.15, 0.2) is 47.5 Å². The van der Waals surface area contributed by atoms with Gasteiger partial charge in [0.15, 0.2) is 5.82 Å². The number of H-pyrrole nitrogens is 1. The molecule has 2 N–H and O–H groups in total. The van der Waals surface area contributed by atoms with E-state index in [0.29, 0.717) is 35.3 Å². The molecular weight excluding hydrogens is 454 g/mol. The lowest BCUT2D eigenvalue weighted by Gasteiger charge is -2.09. The normalized spacial score (nSPS) is 13.1. The first-order chi connectivity index (χ1) is 16.2. The minimum atomic E-state index is -0.0959. The van der Waals surface area contributed by atoms with Crippen molar-refractivity contribution >= 4 is 44.9 Å². The van der Waals surface area contributed by atoms with Gasteiger partial charge in [0.25, 0.3) is 5.56 Å². The van der Waals surface area contributed by atoms with E-state index in [1.807, 2.05) is 30.3 Å². The van der Waals surface area contributed by atoms with Gasteiger partial charge in [-0.2, -0.15) is 11.8 Å². The maximum absolute atomic E-state index is 12.6. The second-order valence-corrected chi connectivity index (χ2v) is 10.1. The Bertz CT molecular complexity index is 1330. The van der Waals surface area contributed by atoms with Gasteiger partial charge in [-0.25, -0.2) is 15.0 Å². The second-order valence-electron chi connectivity index (χ2n) is 7.92. The molecule has 9 heteroatoms. The van der Waals surface area contributed by atoms with Crippen LogP contribution < -0.4 is 10.9 Å². The lowest BCUT2D eigenvalue weighted by atomic mass is 9.97. The van der Waals surface area contributed by atoms with Gasteiger partial charge in [0.2, 0.25) is 5.91 Å². The van der Waals surface area contributed by atoms with Crippen molar-refractivity contribution in [3.63, 3.8) is 0 Å². The molecule has 0 bridgehead atoms. The Balaban J connectivity index is 1.13. The zero-order valence-corrected chi connectivity index (χ0v) is 19.6. The number of fused-ring (bicyclic) bond motifs is 3. The fourth-order valence-corrected chi connectivity index (χ4v) is 6.05. The number of anilines is 1. The van der Waals surface area contributed by atoms with Gasteiger partial charge in [0.05, 0.1) is 29.2 Å². The summed E-state index contributed by atoms with van der Waals surface area (Å²) in [6, 6.07) is 9.69. The first kappa shape index (κ1) is 21.8. The average Bonchev–Trinajstić information content (AvgIpc) is 3.22. The van der Waals surface area contributed by atoms with E-state index in [0.717, 1.165) is 35.0 Å². The highest BCUT2D eigenvalue weighted by molar-refractivity contribution is 7.98. The zero-order valence-electron chi connectivity index (χ0n) is 18.0. The van der Waals surface area contributed by atoms with Crippen molar-refractivity contribution in [2.24, 2.45) is 0 Å². The van der Waals surface area contributed by atoms with Crippen molar-refractivity contribution in [3.05, 3.63) is 69.3 Å². The van der Waals surface area contributed by atoms with Crippen LogP contribution in [0.3, 0.4) is 0 Å². The molecule has 1 aromatic carbocycles. The summed E-state index contributed by atoms with van der Waals surface area (Å²) in [5.41, 5.74) is 2.67. The topological polar surface area (TPSA) is 101 Å². The molecule has 3 aromatic heterocycles. The van der Waals surface area contributed by atoms with Gasteiger partial charge in [0.1, 0.15) is 10.7 Å². The van der Waals surface area contributed by atoms with Gasteiger partial charge >= 0.3 is 0 Å². The average molecular weight is 478 g/mol. The maximum atomic E-state index is 12.6. The number of nitrogens with zero attached hydrogens (tertiary/aromatic N) is 3. The molecule has 0 radical (unpaired) electrons. The van der Waals surface area contributed by atoms with Crippen molar-refractivity contribution in [1.29, 1.82) is 0 Å². The lowest BCUT2D eigenvalue weighted by Crippen LogP contribution is -2.14. The largest absolute Gasteiger partial charge is 0.323 e. The van der Waals surface area contributed by atoms with Crippen LogP contribution in [-0.2, 0) is 23.4 Å². The standard InChI is InChI=1S/C24H23N5O2S2/c30-20(27-16-12-25-22(26-13-16)15-6-2-1-3-7-15)10-11-32-14-19-28-23(31)21-17-8-4-5-9-18(17)33-24(21)29-19/h1-3,6-7,12-13H,4-5,8-11,14H2,(H,27,30)(H,28,29,31). The van der Waals surface area contributed by atoms with E-state index >= 15 is 0 Å². The Morgan fingerprint density at radius 3 is 2.73 bits per heavy atom. The van der Waals surface area contributed by atoms with Crippen molar-refractivity contribution in [2.75, 3.05) is 11.1 Å². The van der Waals surface area contributed by atoms with E-state index in [1.165, 1.54) is 16.9 Å². The van der Waals surface area contributed by atoms with Crippen LogP contribution in [-0.4, -0.2) is 31.6 Å². The Morgan fingerprint density at radius 2 is 1.91 bits per heavy atom. The van der Waals surface area contributed by atoms with Crippen LogP contribution in [0.25, 0.3) is 21.6 Å². The lowest BCUT2D eigenvalue weighted by molar-refractivity contribution is -0.115. The third-order valence-electron chi connectivity index (χ3n) is 5.55. The van der Waals surface area contributed by atoms with Crippen LogP contribution in [0.5, 0.6) is 0 Å². The number of thiophene rings is 1. The van der Waals surface area contributed by atoms with Crippen molar-refractivity contribution in [1.82, 2.24) is 19.9 Å². The van der Waals surface area contributed by atoms with Gasteiger partial charge in [-0.1, -0.05) is 30.3 Å². The fourth-order valence-electron chi connectivity index (χ4n) is 3.96. The zero-order chi connectivity index (χ0) is 22.6. The molecule has 0 spiro atoms. The maximum Gasteiger partial charge on any atom is 0.259 e. The molecule has 1 aliphatic rings. The summed E-state index contributed by atoms with van der Waals surface area (Å²) in [6.45, 7) is 0. The third kappa shape index (κ3) is 4.99. The second kappa shape index (κ2) is 9.84. The molecule has 0 unspecified atom stereocenters. The Labute approximate surface area is 199 Å². The first-order valence-corrected chi connectivity index (χ1v) is 12.9. The monoisotopic (exact) mass is 477 g/mol. The summed E-state index contributed by atoms with van der Waals surface area (Å²) in [7, 11) is 0. The molecule has 3 heterocycles. The number of aromatic nitrogens is 4. The molecule has 7 nitrogen and oxygen atoms in total. The van der Waals surface area contributed by atoms with Gasteiger partial charge in [-0.15, -0.1) is 11.3 Å². The molecule has 5 rings (SSSR count). The number of carbonyl (C=O) groups excluding carboxylic acids is 1. The quantitative estimate of drug-likeness (QED) is 0.378. The number of amides is 1. The summed E-state index contributed by atoms with van der Waals surface area (Å²) in [6.07, 6.45) is 7.94. The molecule has 1 amide bonds. The number of aromatic amines is 1. The van der Waals surface area contributed by atoms with Crippen molar-refractivity contribution < 1.29 is 4.79 Å². The molecule has 0 fully saturated rings. The van der Waals surface area contributed by atoms with Gasteiger partial charge in [0, 0.05) is 22.6 Å². The van der Waals surface area contributed by atoms with Crippen LogP contribution in [0.2, 0.25) is 0 Å². The van der Waals surface area contributed by atoms with Crippen molar-refractivity contribution in [3.8, 4) is 11.4 Å². The Morgan fingerprint density at radius 1 is 1.12 bits per heavy atom. The SMILES string of the molecule is O=C(CCSCc1nc2sc3c(c2c(=O)[nH]1)CCCC3)Nc1cnc(-c2ccccc2)nc1. The molecule has 1 aliphatic carbocycles. The highest BCUT2D eigenvalue weighted by Crippen LogP contribution is 2.33. The Kier molecular flexibility index (Phi) is 6.50. The predicted molar refractivity (Wildman–Crippen MR) is 134 cm³/mol.